The van der Waals surface area contributed by atoms with Gasteiger partial charge in [0.25, 0.3) is 0 Å². The standard InChI is InChI=1S/C19H16F7N3O3/c1-29-6-8(15(28-29)19(24,25)26)12-13(16(27)31)17(5-11(30)14(12)32-17)7-2-3-10(20)9(4-7)18(21,22)23/h2-4,6,11-14,30H,5H2,1H3,(H2,27,31). The van der Waals surface area contributed by atoms with Crippen LogP contribution in [0.5, 0.6) is 0 Å². The third-order valence-corrected chi connectivity index (χ3v) is 6.01. The lowest BCUT2D eigenvalue weighted by Crippen LogP contribution is -2.47. The number of rotatable bonds is 3. The molecule has 6 nitrogen and oxygen atoms in total. The zero-order chi connectivity index (χ0) is 23.8. The Bertz CT molecular complexity index is 1080. The lowest BCUT2D eigenvalue weighted by molar-refractivity contribution is -0.143. The fraction of sp³-hybridized carbons (Fsp3) is 0.474. The Kier molecular flexibility index (Phi) is 4.86. The molecule has 0 saturated carbocycles. The Hall–Kier alpha value is -2.67. The summed E-state index contributed by atoms with van der Waals surface area (Å²) in [7, 11) is 1.22. The molecule has 174 valence electrons. The molecule has 2 aromatic rings. The first kappa shape index (κ1) is 22.5. The number of aliphatic hydroxyl groups excluding tert-OH is 1. The van der Waals surface area contributed by atoms with E-state index in [0.717, 1.165) is 16.9 Å². The van der Waals surface area contributed by atoms with Crippen molar-refractivity contribution in [1.82, 2.24) is 9.78 Å². The molecular formula is C19H16F7N3O3. The number of nitrogens with zero attached hydrogens (tertiary/aromatic N) is 2. The number of alkyl halides is 6. The Morgan fingerprint density at radius 1 is 1.25 bits per heavy atom. The summed E-state index contributed by atoms with van der Waals surface area (Å²) in [6, 6.07) is 1.88. The van der Waals surface area contributed by atoms with E-state index in [1.165, 1.54) is 7.05 Å². The fourth-order valence-electron chi connectivity index (χ4n) is 4.89. The monoisotopic (exact) mass is 467 g/mol. The Labute approximate surface area is 175 Å². The van der Waals surface area contributed by atoms with Crippen molar-refractivity contribution in [2.45, 2.75) is 42.5 Å². The summed E-state index contributed by atoms with van der Waals surface area (Å²) >= 11 is 0. The number of amides is 1. The van der Waals surface area contributed by atoms with Crippen molar-refractivity contribution in [1.29, 1.82) is 0 Å². The highest BCUT2D eigenvalue weighted by Crippen LogP contribution is 2.61. The van der Waals surface area contributed by atoms with E-state index in [2.05, 4.69) is 5.10 Å². The molecule has 3 heterocycles. The molecule has 5 atom stereocenters. The molecule has 1 aromatic heterocycles. The van der Waals surface area contributed by atoms with Crippen LogP contribution in [0.4, 0.5) is 30.7 Å². The lowest BCUT2D eigenvalue weighted by Gasteiger charge is -2.36. The number of aromatic nitrogens is 2. The minimum atomic E-state index is -5.08. The van der Waals surface area contributed by atoms with Crippen molar-refractivity contribution in [2.75, 3.05) is 0 Å². The van der Waals surface area contributed by atoms with E-state index >= 15 is 0 Å². The highest BCUT2D eigenvalue weighted by molar-refractivity contribution is 5.81. The number of nitrogens with two attached hydrogens (primary N) is 1. The van der Waals surface area contributed by atoms with Crippen LogP contribution in [0, 0.1) is 11.7 Å². The first-order valence-electron chi connectivity index (χ1n) is 9.30. The second-order valence-corrected chi connectivity index (χ2v) is 7.95. The summed E-state index contributed by atoms with van der Waals surface area (Å²) < 4.78 is 101. The third-order valence-electron chi connectivity index (χ3n) is 6.01. The van der Waals surface area contributed by atoms with E-state index in [4.69, 9.17) is 10.5 Å². The summed E-state index contributed by atoms with van der Waals surface area (Å²) in [5, 5.41) is 13.9. The molecule has 2 bridgehead atoms. The molecule has 13 heteroatoms. The summed E-state index contributed by atoms with van der Waals surface area (Å²) in [4.78, 5) is 12.4. The molecule has 1 amide bonds. The number of primary amides is 1. The third kappa shape index (κ3) is 3.25. The number of fused-ring (bicyclic) bond motifs is 2. The van der Waals surface area contributed by atoms with Crippen molar-refractivity contribution >= 4 is 5.91 Å². The molecule has 2 aliphatic rings. The van der Waals surface area contributed by atoms with Gasteiger partial charge < -0.3 is 15.6 Å². The first-order valence-corrected chi connectivity index (χ1v) is 9.30. The Morgan fingerprint density at radius 2 is 1.91 bits per heavy atom. The number of aryl methyl sites for hydroxylation is 1. The molecular weight excluding hydrogens is 451 g/mol. The fourth-order valence-corrected chi connectivity index (χ4v) is 4.89. The van der Waals surface area contributed by atoms with Crippen LogP contribution in [-0.4, -0.2) is 33.0 Å². The van der Waals surface area contributed by atoms with Gasteiger partial charge in [-0.05, 0) is 17.7 Å². The number of aliphatic hydroxyl groups is 1. The average Bonchev–Trinajstić information content (AvgIpc) is 3.29. The van der Waals surface area contributed by atoms with Crippen LogP contribution in [0.15, 0.2) is 24.4 Å². The van der Waals surface area contributed by atoms with Gasteiger partial charge in [0.1, 0.15) is 11.4 Å². The average molecular weight is 467 g/mol. The van der Waals surface area contributed by atoms with Crippen LogP contribution in [0.1, 0.15) is 34.7 Å². The van der Waals surface area contributed by atoms with Gasteiger partial charge in [0.2, 0.25) is 5.91 Å². The predicted molar refractivity (Wildman–Crippen MR) is 92.2 cm³/mol. The van der Waals surface area contributed by atoms with E-state index in [9.17, 15) is 40.6 Å². The molecule has 4 rings (SSSR count). The number of halogens is 7. The molecule has 0 radical (unpaired) electrons. The van der Waals surface area contributed by atoms with E-state index < -0.39 is 77.0 Å². The molecule has 5 unspecified atom stereocenters. The minimum Gasteiger partial charge on any atom is -0.390 e. The van der Waals surface area contributed by atoms with Crippen molar-refractivity contribution in [3.8, 4) is 0 Å². The van der Waals surface area contributed by atoms with Gasteiger partial charge in [-0.25, -0.2) is 4.39 Å². The molecule has 0 aliphatic carbocycles. The normalized spacial score (nSPS) is 30.2. The number of hydrogen-bond donors (Lipinski definition) is 2. The molecule has 2 fully saturated rings. The lowest BCUT2D eigenvalue weighted by atomic mass is 9.65. The topological polar surface area (TPSA) is 90.4 Å². The molecule has 3 N–H and O–H groups in total. The van der Waals surface area contributed by atoms with Crippen LogP contribution in [0.2, 0.25) is 0 Å². The number of carbonyl (C=O) groups excluding carboxylic acids is 1. The van der Waals surface area contributed by atoms with Crippen molar-refractivity contribution in [3.05, 3.63) is 52.6 Å². The minimum absolute atomic E-state index is 0.323. The van der Waals surface area contributed by atoms with E-state index in [-0.39, 0.29) is 5.56 Å². The zero-order valence-corrected chi connectivity index (χ0v) is 16.2. The van der Waals surface area contributed by atoms with Gasteiger partial charge >= 0.3 is 12.4 Å². The van der Waals surface area contributed by atoms with Gasteiger partial charge in [-0.15, -0.1) is 0 Å². The zero-order valence-electron chi connectivity index (χ0n) is 16.2. The van der Waals surface area contributed by atoms with Gasteiger partial charge in [-0.3, -0.25) is 9.48 Å². The van der Waals surface area contributed by atoms with Gasteiger partial charge in [-0.2, -0.15) is 31.4 Å². The molecule has 2 aliphatic heterocycles. The van der Waals surface area contributed by atoms with Crippen LogP contribution in [-0.2, 0) is 34.5 Å². The summed E-state index contributed by atoms with van der Waals surface area (Å²) in [6.07, 6.45) is -12.2. The molecule has 32 heavy (non-hydrogen) atoms. The second kappa shape index (κ2) is 6.91. The van der Waals surface area contributed by atoms with Crippen molar-refractivity contribution < 1.29 is 45.4 Å². The summed E-state index contributed by atoms with van der Waals surface area (Å²) in [5.74, 6) is -5.74. The largest absolute Gasteiger partial charge is 0.435 e. The number of ether oxygens (including phenoxy) is 1. The van der Waals surface area contributed by atoms with Crippen molar-refractivity contribution in [3.63, 3.8) is 0 Å². The summed E-state index contributed by atoms with van der Waals surface area (Å²) in [6.45, 7) is 0. The van der Waals surface area contributed by atoms with Crippen LogP contribution < -0.4 is 5.73 Å². The summed E-state index contributed by atoms with van der Waals surface area (Å²) in [5.41, 5.74) is -0.259. The van der Waals surface area contributed by atoms with Gasteiger partial charge in [0.15, 0.2) is 5.69 Å². The molecule has 1 aromatic carbocycles. The highest BCUT2D eigenvalue weighted by Gasteiger charge is 2.67. The second-order valence-electron chi connectivity index (χ2n) is 7.95. The van der Waals surface area contributed by atoms with E-state index in [0.29, 0.717) is 12.1 Å². The predicted octanol–water partition coefficient (Wildman–Crippen LogP) is 2.84. The van der Waals surface area contributed by atoms with Crippen LogP contribution in [0.3, 0.4) is 0 Å². The quantitative estimate of drug-likeness (QED) is 0.680. The van der Waals surface area contributed by atoms with Crippen molar-refractivity contribution in [2.24, 2.45) is 18.7 Å². The van der Waals surface area contributed by atoms with Gasteiger partial charge in [0, 0.05) is 31.1 Å². The maximum atomic E-state index is 13.8. The van der Waals surface area contributed by atoms with E-state index in [1.54, 1.807) is 0 Å². The maximum Gasteiger partial charge on any atom is 0.435 e. The SMILES string of the molecule is Cn1cc(C2C3OC(c4ccc(F)c(C(F)(F)F)c4)(CC3O)C2C(N)=O)c(C(F)(F)F)n1. The maximum absolute atomic E-state index is 13.8. The highest BCUT2D eigenvalue weighted by atomic mass is 19.4. The first-order chi connectivity index (χ1) is 14.7. The Morgan fingerprint density at radius 3 is 2.47 bits per heavy atom. The number of hydrogen-bond acceptors (Lipinski definition) is 4. The van der Waals surface area contributed by atoms with Crippen LogP contribution >= 0.6 is 0 Å². The smallest absolute Gasteiger partial charge is 0.390 e. The van der Waals surface area contributed by atoms with Crippen LogP contribution in [0.25, 0.3) is 0 Å². The molecule has 0 spiro atoms. The molecule has 2 saturated heterocycles. The Balaban J connectivity index is 1.91. The number of carbonyl (C=O) groups is 1. The van der Waals surface area contributed by atoms with Gasteiger partial charge in [-0.1, -0.05) is 6.07 Å². The van der Waals surface area contributed by atoms with Gasteiger partial charge in [0.05, 0.1) is 23.7 Å². The number of benzene rings is 1. The van der Waals surface area contributed by atoms with E-state index in [1.807, 2.05) is 0 Å².